The van der Waals surface area contributed by atoms with Crippen LogP contribution in [0, 0.1) is 0 Å². The molecule has 0 atom stereocenters. The molecule has 7 heteroatoms. The highest BCUT2D eigenvalue weighted by molar-refractivity contribution is 7.94. The average Bonchev–Trinajstić information content (AvgIpc) is 3.19. The predicted molar refractivity (Wildman–Crippen MR) is 88.5 cm³/mol. The normalized spacial score (nSPS) is 11.5. The van der Waals surface area contributed by atoms with Crippen molar-refractivity contribution in [1.82, 2.24) is 9.97 Å². The molecule has 3 aromatic rings. The number of benzene rings is 1. The zero-order valence-electron chi connectivity index (χ0n) is 11.9. The van der Waals surface area contributed by atoms with Crippen LogP contribution in [0.4, 0.5) is 5.69 Å². The Hall–Kier alpha value is -2.12. The Morgan fingerprint density at radius 3 is 2.55 bits per heavy atom. The van der Waals surface area contributed by atoms with Gasteiger partial charge in [-0.05, 0) is 42.8 Å². The molecular formula is C15H15N3O2S2. The first-order valence-electron chi connectivity index (χ1n) is 6.80. The summed E-state index contributed by atoms with van der Waals surface area (Å²) >= 11 is 1.29. The summed E-state index contributed by atoms with van der Waals surface area (Å²) in [5, 5.41) is 0. The molecule has 0 fully saturated rings. The Kier molecular flexibility index (Phi) is 4.00. The van der Waals surface area contributed by atoms with Gasteiger partial charge >= 0.3 is 0 Å². The van der Waals surface area contributed by atoms with Crippen molar-refractivity contribution in [1.29, 1.82) is 0 Å². The molecule has 0 aliphatic carbocycles. The molecule has 3 rings (SSSR count). The fourth-order valence-electron chi connectivity index (χ4n) is 2.02. The van der Waals surface area contributed by atoms with E-state index in [9.17, 15) is 8.42 Å². The monoisotopic (exact) mass is 333 g/mol. The molecule has 0 saturated heterocycles. The number of nitrogens with zero attached hydrogens (tertiary/aromatic N) is 1. The van der Waals surface area contributed by atoms with Crippen LogP contribution < -0.4 is 4.72 Å². The van der Waals surface area contributed by atoms with Crippen LogP contribution in [0.3, 0.4) is 0 Å². The lowest BCUT2D eigenvalue weighted by Crippen LogP contribution is -2.11. The molecule has 114 valence electrons. The van der Waals surface area contributed by atoms with Gasteiger partial charge in [0.05, 0.1) is 0 Å². The number of hydrogen-bond donors (Lipinski definition) is 2. The second-order valence-corrected chi connectivity index (χ2v) is 7.77. The number of rotatable bonds is 5. The van der Waals surface area contributed by atoms with E-state index >= 15 is 0 Å². The SMILES string of the molecule is CCc1ccc(S(=O)(=O)Nc2ccc(-c3ncc[nH]3)cc2)s1. The van der Waals surface area contributed by atoms with Gasteiger partial charge in [0.1, 0.15) is 10.0 Å². The number of H-pyrrole nitrogens is 1. The number of anilines is 1. The maximum atomic E-state index is 12.3. The van der Waals surface area contributed by atoms with Gasteiger partial charge in [0.2, 0.25) is 0 Å². The van der Waals surface area contributed by atoms with Gasteiger partial charge in [0, 0.05) is 28.5 Å². The topological polar surface area (TPSA) is 74.8 Å². The minimum Gasteiger partial charge on any atom is -0.345 e. The molecule has 0 aliphatic rings. The van der Waals surface area contributed by atoms with Crippen LogP contribution in [0.2, 0.25) is 0 Å². The smallest absolute Gasteiger partial charge is 0.271 e. The summed E-state index contributed by atoms with van der Waals surface area (Å²) in [6.45, 7) is 2.00. The van der Waals surface area contributed by atoms with Crippen molar-refractivity contribution in [2.75, 3.05) is 4.72 Å². The Balaban J connectivity index is 1.80. The zero-order valence-corrected chi connectivity index (χ0v) is 13.5. The van der Waals surface area contributed by atoms with Gasteiger partial charge < -0.3 is 4.98 Å². The summed E-state index contributed by atoms with van der Waals surface area (Å²) in [7, 11) is -3.52. The molecule has 0 bridgehead atoms. The Morgan fingerprint density at radius 2 is 1.95 bits per heavy atom. The Labute approximate surface area is 133 Å². The van der Waals surface area contributed by atoms with E-state index in [1.54, 1.807) is 30.6 Å². The summed E-state index contributed by atoms with van der Waals surface area (Å²) in [6, 6.07) is 10.6. The number of aromatic nitrogens is 2. The van der Waals surface area contributed by atoms with Gasteiger partial charge in [-0.3, -0.25) is 4.72 Å². The standard InChI is InChI=1S/C15H15N3O2S2/c1-2-13-7-8-14(21-13)22(19,20)18-12-5-3-11(4-6-12)15-16-9-10-17-15/h3-10,18H,2H2,1H3,(H,16,17). The summed E-state index contributed by atoms with van der Waals surface area (Å²) in [6.07, 6.45) is 4.25. The van der Waals surface area contributed by atoms with Gasteiger partial charge in [-0.15, -0.1) is 11.3 Å². The van der Waals surface area contributed by atoms with Gasteiger partial charge in [-0.2, -0.15) is 0 Å². The summed E-state index contributed by atoms with van der Waals surface area (Å²) in [5.74, 6) is 0.750. The van der Waals surface area contributed by atoms with E-state index in [1.807, 2.05) is 25.1 Å². The number of hydrogen-bond acceptors (Lipinski definition) is 4. The van der Waals surface area contributed by atoms with Crippen LogP contribution in [0.5, 0.6) is 0 Å². The second-order valence-electron chi connectivity index (χ2n) is 4.69. The van der Waals surface area contributed by atoms with Crippen molar-refractivity contribution in [3.63, 3.8) is 0 Å². The van der Waals surface area contributed by atoms with Crippen molar-refractivity contribution in [3.05, 3.63) is 53.7 Å². The van der Waals surface area contributed by atoms with E-state index in [0.29, 0.717) is 9.90 Å². The number of aryl methyl sites for hydroxylation is 1. The highest BCUT2D eigenvalue weighted by Gasteiger charge is 2.16. The van der Waals surface area contributed by atoms with Crippen LogP contribution in [-0.4, -0.2) is 18.4 Å². The Morgan fingerprint density at radius 1 is 1.18 bits per heavy atom. The van der Waals surface area contributed by atoms with Gasteiger partial charge in [0.15, 0.2) is 0 Å². The predicted octanol–water partition coefficient (Wildman–Crippen LogP) is 3.50. The van der Waals surface area contributed by atoms with Crippen LogP contribution in [0.25, 0.3) is 11.4 Å². The molecule has 0 saturated carbocycles. The molecule has 2 heterocycles. The maximum Gasteiger partial charge on any atom is 0.271 e. The minimum absolute atomic E-state index is 0.333. The molecule has 0 spiro atoms. The number of aromatic amines is 1. The highest BCUT2D eigenvalue weighted by atomic mass is 32.2. The molecule has 0 amide bonds. The summed E-state index contributed by atoms with van der Waals surface area (Å²) < 4.78 is 27.6. The van der Waals surface area contributed by atoms with E-state index in [-0.39, 0.29) is 0 Å². The number of imidazole rings is 1. The molecule has 22 heavy (non-hydrogen) atoms. The third kappa shape index (κ3) is 3.05. The van der Waals surface area contributed by atoms with Crippen molar-refractivity contribution in [2.45, 2.75) is 17.6 Å². The molecule has 1 aromatic carbocycles. The zero-order chi connectivity index (χ0) is 15.6. The lowest BCUT2D eigenvalue weighted by atomic mass is 10.2. The number of nitrogens with one attached hydrogen (secondary N) is 2. The quantitative estimate of drug-likeness (QED) is 0.750. The molecule has 0 unspecified atom stereocenters. The molecular weight excluding hydrogens is 318 g/mol. The third-order valence-corrected chi connectivity index (χ3v) is 6.26. The molecule has 0 aliphatic heterocycles. The summed E-state index contributed by atoms with van der Waals surface area (Å²) in [4.78, 5) is 8.22. The van der Waals surface area contributed by atoms with Gasteiger partial charge in [-0.25, -0.2) is 13.4 Å². The summed E-state index contributed by atoms with van der Waals surface area (Å²) in [5.41, 5.74) is 1.43. The molecule has 5 nitrogen and oxygen atoms in total. The highest BCUT2D eigenvalue weighted by Crippen LogP contribution is 2.25. The third-order valence-electron chi connectivity index (χ3n) is 3.16. The van der Waals surface area contributed by atoms with Crippen LogP contribution in [0.15, 0.2) is 53.0 Å². The van der Waals surface area contributed by atoms with Crippen LogP contribution in [0.1, 0.15) is 11.8 Å². The van der Waals surface area contributed by atoms with Crippen molar-refractivity contribution >= 4 is 27.0 Å². The largest absolute Gasteiger partial charge is 0.345 e. The first-order valence-corrected chi connectivity index (χ1v) is 9.10. The van der Waals surface area contributed by atoms with Crippen molar-refractivity contribution in [2.24, 2.45) is 0 Å². The van der Waals surface area contributed by atoms with E-state index < -0.39 is 10.0 Å². The fraction of sp³-hybridized carbons (Fsp3) is 0.133. The van der Waals surface area contributed by atoms with E-state index in [2.05, 4.69) is 14.7 Å². The molecule has 2 N–H and O–H groups in total. The molecule has 2 aromatic heterocycles. The second kappa shape index (κ2) is 5.94. The van der Waals surface area contributed by atoms with Gasteiger partial charge in [0.25, 0.3) is 10.0 Å². The van der Waals surface area contributed by atoms with Crippen LogP contribution in [-0.2, 0) is 16.4 Å². The Bertz CT molecular complexity index is 851. The van der Waals surface area contributed by atoms with Crippen LogP contribution >= 0.6 is 11.3 Å². The lowest BCUT2D eigenvalue weighted by Gasteiger charge is -2.06. The lowest BCUT2D eigenvalue weighted by molar-refractivity contribution is 0.603. The number of thiophene rings is 1. The van der Waals surface area contributed by atoms with Crippen molar-refractivity contribution < 1.29 is 8.42 Å². The van der Waals surface area contributed by atoms with E-state index in [0.717, 1.165) is 22.7 Å². The average molecular weight is 333 g/mol. The minimum atomic E-state index is -3.52. The fourth-order valence-corrected chi connectivity index (χ4v) is 4.37. The molecule has 0 radical (unpaired) electrons. The van der Waals surface area contributed by atoms with Gasteiger partial charge in [-0.1, -0.05) is 6.92 Å². The number of sulfonamides is 1. The van der Waals surface area contributed by atoms with Crippen molar-refractivity contribution in [3.8, 4) is 11.4 Å². The van der Waals surface area contributed by atoms with E-state index in [1.165, 1.54) is 11.3 Å². The van der Waals surface area contributed by atoms with E-state index in [4.69, 9.17) is 0 Å². The first kappa shape index (κ1) is 14.8. The first-order chi connectivity index (χ1) is 10.6. The maximum absolute atomic E-state index is 12.3.